The molecule has 116 valence electrons. The molecular weight excluding hydrogens is 264 g/mol. The van der Waals surface area contributed by atoms with Gasteiger partial charge in [0.25, 0.3) is 0 Å². The summed E-state index contributed by atoms with van der Waals surface area (Å²) in [7, 11) is 5.55. The number of benzene rings is 1. The second-order valence-corrected chi connectivity index (χ2v) is 5.75. The number of hydrogen-bond donors (Lipinski definition) is 1. The standard InChI is InChI=1S/C16H26N4O/c1-13(14-6-5-7-15(12-14)17-2)19-8-10-20(11-9-19)16(21)18(3)4/h5-7,12-13,17H,8-11H2,1-4H3. The molecule has 5 nitrogen and oxygen atoms in total. The van der Waals surface area contributed by atoms with Gasteiger partial charge < -0.3 is 15.1 Å². The lowest BCUT2D eigenvalue weighted by atomic mass is 10.1. The zero-order chi connectivity index (χ0) is 15.4. The highest BCUT2D eigenvalue weighted by Gasteiger charge is 2.25. The Labute approximate surface area is 127 Å². The molecule has 1 unspecified atom stereocenters. The van der Waals surface area contributed by atoms with Crippen LogP contribution in [0.5, 0.6) is 0 Å². The number of carbonyl (C=O) groups excluding carboxylic acids is 1. The van der Waals surface area contributed by atoms with Gasteiger partial charge in [-0.3, -0.25) is 4.90 Å². The predicted molar refractivity (Wildman–Crippen MR) is 86.6 cm³/mol. The fraction of sp³-hybridized carbons (Fsp3) is 0.562. The zero-order valence-corrected chi connectivity index (χ0v) is 13.5. The van der Waals surface area contributed by atoms with Crippen molar-refractivity contribution in [2.75, 3.05) is 52.6 Å². The van der Waals surface area contributed by atoms with E-state index in [1.54, 1.807) is 19.0 Å². The summed E-state index contributed by atoms with van der Waals surface area (Å²) in [6.45, 7) is 5.67. The molecule has 1 N–H and O–H groups in total. The smallest absolute Gasteiger partial charge is 0.319 e. The molecule has 2 amide bonds. The van der Waals surface area contributed by atoms with Gasteiger partial charge in [0.15, 0.2) is 0 Å². The summed E-state index contributed by atoms with van der Waals surface area (Å²) in [5.74, 6) is 0. The molecule has 1 aromatic carbocycles. The topological polar surface area (TPSA) is 38.8 Å². The highest BCUT2D eigenvalue weighted by atomic mass is 16.2. The van der Waals surface area contributed by atoms with Crippen molar-refractivity contribution in [1.82, 2.24) is 14.7 Å². The van der Waals surface area contributed by atoms with Crippen LogP contribution in [0.1, 0.15) is 18.5 Å². The van der Waals surface area contributed by atoms with E-state index in [-0.39, 0.29) is 6.03 Å². The molecule has 0 bridgehead atoms. The molecule has 1 atom stereocenters. The Balaban J connectivity index is 1.96. The van der Waals surface area contributed by atoms with E-state index >= 15 is 0 Å². The largest absolute Gasteiger partial charge is 0.388 e. The summed E-state index contributed by atoms with van der Waals surface area (Å²) in [6.07, 6.45) is 0. The number of carbonyl (C=O) groups is 1. The number of amides is 2. The van der Waals surface area contributed by atoms with E-state index in [1.807, 2.05) is 11.9 Å². The number of rotatable bonds is 3. The first-order valence-corrected chi connectivity index (χ1v) is 7.51. The summed E-state index contributed by atoms with van der Waals surface area (Å²) >= 11 is 0. The minimum Gasteiger partial charge on any atom is -0.388 e. The summed E-state index contributed by atoms with van der Waals surface area (Å²) in [4.78, 5) is 18.0. The first-order chi connectivity index (χ1) is 10.0. The molecular formula is C16H26N4O. The van der Waals surface area contributed by atoms with Gasteiger partial charge in [0, 0.05) is 59.1 Å². The molecule has 2 rings (SSSR count). The van der Waals surface area contributed by atoms with Crippen LogP contribution in [-0.2, 0) is 0 Å². The van der Waals surface area contributed by atoms with Crippen molar-refractivity contribution in [2.45, 2.75) is 13.0 Å². The van der Waals surface area contributed by atoms with Crippen molar-refractivity contribution in [3.8, 4) is 0 Å². The van der Waals surface area contributed by atoms with Crippen LogP contribution in [0.15, 0.2) is 24.3 Å². The number of nitrogens with one attached hydrogen (secondary N) is 1. The van der Waals surface area contributed by atoms with Crippen LogP contribution in [0.3, 0.4) is 0 Å². The van der Waals surface area contributed by atoms with E-state index < -0.39 is 0 Å². The summed E-state index contributed by atoms with van der Waals surface area (Å²) in [5, 5.41) is 3.18. The molecule has 1 aliphatic rings. The third-order valence-electron chi connectivity index (χ3n) is 4.17. The predicted octanol–water partition coefficient (Wildman–Crippen LogP) is 2.09. The van der Waals surface area contributed by atoms with E-state index in [0.717, 1.165) is 31.9 Å². The maximum Gasteiger partial charge on any atom is 0.319 e. The molecule has 0 aliphatic carbocycles. The molecule has 5 heteroatoms. The average Bonchev–Trinajstić information content (AvgIpc) is 2.53. The molecule has 1 heterocycles. The number of hydrogen-bond acceptors (Lipinski definition) is 3. The minimum absolute atomic E-state index is 0.111. The maximum absolute atomic E-state index is 12.0. The minimum atomic E-state index is 0.111. The van der Waals surface area contributed by atoms with Crippen LogP contribution in [0.4, 0.5) is 10.5 Å². The molecule has 1 aliphatic heterocycles. The lowest BCUT2D eigenvalue weighted by molar-refractivity contribution is 0.102. The van der Waals surface area contributed by atoms with Gasteiger partial charge in [-0.25, -0.2) is 4.79 Å². The van der Waals surface area contributed by atoms with E-state index in [2.05, 4.69) is 41.4 Å². The summed E-state index contributed by atoms with van der Waals surface area (Å²) in [5.41, 5.74) is 2.45. The van der Waals surface area contributed by atoms with E-state index in [9.17, 15) is 4.79 Å². The monoisotopic (exact) mass is 290 g/mol. The maximum atomic E-state index is 12.0. The lowest BCUT2D eigenvalue weighted by Gasteiger charge is -2.39. The van der Waals surface area contributed by atoms with E-state index in [4.69, 9.17) is 0 Å². The van der Waals surface area contributed by atoms with Crippen molar-refractivity contribution in [2.24, 2.45) is 0 Å². The molecule has 21 heavy (non-hydrogen) atoms. The van der Waals surface area contributed by atoms with Crippen LogP contribution in [0.2, 0.25) is 0 Å². The lowest BCUT2D eigenvalue weighted by Crippen LogP contribution is -2.51. The highest BCUT2D eigenvalue weighted by molar-refractivity contribution is 5.73. The average molecular weight is 290 g/mol. The van der Waals surface area contributed by atoms with Crippen LogP contribution in [0, 0.1) is 0 Å². The molecule has 0 saturated carbocycles. The number of nitrogens with zero attached hydrogens (tertiary/aromatic N) is 3. The zero-order valence-electron chi connectivity index (χ0n) is 13.5. The number of piperazine rings is 1. The number of anilines is 1. The second kappa shape index (κ2) is 6.80. The normalized spacial score (nSPS) is 17.4. The first kappa shape index (κ1) is 15.6. The van der Waals surface area contributed by atoms with Gasteiger partial charge >= 0.3 is 6.03 Å². The van der Waals surface area contributed by atoms with Crippen molar-refractivity contribution in [3.63, 3.8) is 0 Å². The van der Waals surface area contributed by atoms with Gasteiger partial charge in [-0.1, -0.05) is 12.1 Å². The summed E-state index contributed by atoms with van der Waals surface area (Å²) < 4.78 is 0. The third kappa shape index (κ3) is 3.67. The van der Waals surface area contributed by atoms with Crippen LogP contribution in [0.25, 0.3) is 0 Å². The molecule has 0 spiro atoms. The Kier molecular flexibility index (Phi) is 5.07. The summed E-state index contributed by atoms with van der Waals surface area (Å²) in [6, 6.07) is 9.01. The third-order valence-corrected chi connectivity index (χ3v) is 4.17. The van der Waals surface area contributed by atoms with Gasteiger partial charge in [0.1, 0.15) is 0 Å². The van der Waals surface area contributed by atoms with Crippen molar-refractivity contribution in [1.29, 1.82) is 0 Å². The Bertz CT molecular complexity index is 481. The van der Waals surface area contributed by atoms with Crippen LogP contribution in [-0.4, -0.2) is 68.1 Å². The fourth-order valence-electron chi connectivity index (χ4n) is 2.75. The fourth-order valence-corrected chi connectivity index (χ4v) is 2.75. The molecule has 1 aromatic rings. The molecule has 1 fully saturated rings. The van der Waals surface area contributed by atoms with Crippen LogP contribution >= 0.6 is 0 Å². The van der Waals surface area contributed by atoms with Crippen LogP contribution < -0.4 is 5.32 Å². The Morgan fingerprint density at radius 3 is 2.48 bits per heavy atom. The molecule has 0 radical (unpaired) electrons. The van der Waals surface area contributed by atoms with E-state index in [0.29, 0.717) is 6.04 Å². The van der Waals surface area contributed by atoms with Crippen molar-refractivity contribution >= 4 is 11.7 Å². The Morgan fingerprint density at radius 1 is 1.24 bits per heavy atom. The van der Waals surface area contributed by atoms with Gasteiger partial charge in [0.2, 0.25) is 0 Å². The molecule has 0 aromatic heterocycles. The van der Waals surface area contributed by atoms with Gasteiger partial charge in [0.05, 0.1) is 0 Å². The Morgan fingerprint density at radius 2 is 1.90 bits per heavy atom. The van der Waals surface area contributed by atoms with Gasteiger partial charge in [-0.15, -0.1) is 0 Å². The quantitative estimate of drug-likeness (QED) is 0.926. The van der Waals surface area contributed by atoms with Crippen molar-refractivity contribution in [3.05, 3.63) is 29.8 Å². The molecule has 1 saturated heterocycles. The van der Waals surface area contributed by atoms with Gasteiger partial charge in [-0.2, -0.15) is 0 Å². The first-order valence-electron chi connectivity index (χ1n) is 7.51. The highest BCUT2D eigenvalue weighted by Crippen LogP contribution is 2.24. The van der Waals surface area contributed by atoms with Crippen molar-refractivity contribution < 1.29 is 4.79 Å². The Hall–Kier alpha value is -1.75. The second-order valence-electron chi connectivity index (χ2n) is 5.75. The van der Waals surface area contributed by atoms with Gasteiger partial charge in [-0.05, 0) is 24.6 Å². The van der Waals surface area contributed by atoms with E-state index in [1.165, 1.54) is 5.56 Å². The SMILES string of the molecule is CNc1cccc(C(C)N2CCN(C(=O)N(C)C)CC2)c1. The number of urea groups is 1.